The van der Waals surface area contributed by atoms with Gasteiger partial charge in [0.05, 0.1) is 12.8 Å². The fraction of sp³-hybridized carbons (Fsp3) is 0.533. The first kappa shape index (κ1) is 12.3. The van der Waals surface area contributed by atoms with Gasteiger partial charge in [-0.05, 0) is 43.2 Å². The molecule has 0 aromatic heterocycles. The van der Waals surface area contributed by atoms with Crippen LogP contribution < -0.4 is 15.8 Å². The monoisotopic (exact) mass is 260 g/mol. The number of fused-ring (bicyclic) bond motifs is 2. The molecule has 2 aliphatic rings. The third-order valence-corrected chi connectivity index (χ3v) is 4.58. The van der Waals surface area contributed by atoms with Crippen LogP contribution in [0.5, 0.6) is 5.75 Å². The van der Waals surface area contributed by atoms with E-state index < -0.39 is 0 Å². The quantitative estimate of drug-likeness (QED) is 0.821. The van der Waals surface area contributed by atoms with Crippen LogP contribution in [-0.2, 0) is 4.79 Å². The zero-order valence-electron chi connectivity index (χ0n) is 11.2. The minimum absolute atomic E-state index is 0.152. The Bertz CT molecular complexity index is 501. The minimum atomic E-state index is 0.152. The Balaban J connectivity index is 1.69. The van der Waals surface area contributed by atoms with Crippen molar-refractivity contribution in [2.75, 3.05) is 18.2 Å². The number of benzene rings is 1. The van der Waals surface area contributed by atoms with E-state index in [1.54, 1.807) is 19.2 Å². The van der Waals surface area contributed by atoms with Gasteiger partial charge in [0, 0.05) is 17.7 Å². The van der Waals surface area contributed by atoms with Gasteiger partial charge in [0.2, 0.25) is 5.91 Å². The molecule has 0 radical (unpaired) electrons. The lowest BCUT2D eigenvalue weighted by Crippen LogP contribution is -2.27. The fourth-order valence-corrected chi connectivity index (χ4v) is 3.59. The smallest absolute Gasteiger partial charge is 0.227 e. The highest BCUT2D eigenvalue weighted by atomic mass is 16.5. The molecular weight excluding hydrogens is 240 g/mol. The number of nitrogen functional groups attached to an aromatic ring is 1. The van der Waals surface area contributed by atoms with E-state index in [1.807, 2.05) is 6.07 Å². The molecule has 102 valence electrons. The van der Waals surface area contributed by atoms with Crippen molar-refractivity contribution in [2.24, 2.45) is 17.8 Å². The standard InChI is InChI=1S/C15H20N2O2/c1-19-14-8-11(4-5-13(14)16)17-15(18)12-7-9-2-3-10(12)6-9/h4-5,8-10,12H,2-3,6-7,16H2,1H3,(H,17,18). The van der Waals surface area contributed by atoms with Gasteiger partial charge < -0.3 is 15.8 Å². The van der Waals surface area contributed by atoms with Crippen molar-refractivity contribution in [1.29, 1.82) is 0 Å². The first-order valence-corrected chi connectivity index (χ1v) is 6.91. The summed E-state index contributed by atoms with van der Waals surface area (Å²) in [6.07, 6.45) is 4.82. The number of nitrogens with two attached hydrogens (primary N) is 1. The number of rotatable bonds is 3. The predicted octanol–water partition coefficient (Wildman–Crippen LogP) is 2.65. The molecule has 19 heavy (non-hydrogen) atoms. The van der Waals surface area contributed by atoms with E-state index in [2.05, 4.69) is 5.32 Å². The van der Waals surface area contributed by atoms with E-state index in [-0.39, 0.29) is 11.8 Å². The van der Waals surface area contributed by atoms with Gasteiger partial charge >= 0.3 is 0 Å². The molecule has 3 rings (SSSR count). The number of nitrogens with one attached hydrogen (secondary N) is 1. The lowest BCUT2D eigenvalue weighted by atomic mass is 9.88. The Morgan fingerprint density at radius 1 is 1.37 bits per heavy atom. The van der Waals surface area contributed by atoms with Crippen LogP contribution in [0.2, 0.25) is 0 Å². The molecule has 4 heteroatoms. The normalized spacial score (nSPS) is 28.4. The summed E-state index contributed by atoms with van der Waals surface area (Å²) in [5, 5.41) is 3.00. The van der Waals surface area contributed by atoms with Gasteiger partial charge in [-0.3, -0.25) is 4.79 Å². The number of carbonyl (C=O) groups is 1. The molecule has 1 aromatic rings. The average molecular weight is 260 g/mol. The number of amides is 1. The maximum atomic E-state index is 12.3. The van der Waals surface area contributed by atoms with Crippen LogP contribution in [0.4, 0.5) is 11.4 Å². The number of hydrogen-bond acceptors (Lipinski definition) is 3. The summed E-state index contributed by atoms with van der Waals surface area (Å²) < 4.78 is 5.17. The Morgan fingerprint density at radius 2 is 2.21 bits per heavy atom. The summed E-state index contributed by atoms with van der Waals surface area (Å²) >= 11 is 0. The Morgan fingerprint density at radius 3 is 2.84 bits per heavy atom. The van der Waals surface area contributed by atoms with Crippen LogP contribution in [0.3, 0.4) is 0 Å². The molecule has 3 unspecified atom stereocenters. The summed E-state index contributed by atoms with van der Waals surface area (Å²) in [6.45, 7) is 0. The molecule has 2 saturated carbocycles. The molecule has 1 amide bonds. The highest BCUT2D eigenvalue weighted by Gasteiger charge is 2.42. The zero-order valence-corrected chi connectivity index (χ0v) is 11.2. The van der Waals surface area contributed by atoms with E-state index in [9.17, 15) is 4.79 Å². The second-order valence-electron chi connectivity index (χ2n) is 5.73. The summed E-state index contributed by atoms with van der Waals surface area (Å²) in [4.78, 5) is 12.3. The predicted molar refractivity (Wildman–Crippen MR) is 75.0 cm³/mol. The number of ether oxygens (including phenoxy) is 1. The van der Waals surface area contributed by atoms with Gasteiger partial charge in [0.1, 0.15) is 5.75 Å². The highest BCUT2D eigenvalue weighted by molar-refractivity contribution is 5.93. The van der Waals surface area contributed by atoms with E-state index >= 15 is 0 Å². The van der Waals surface area contributed by atoms with Crippen molar-refractivity contribution in [3.05, 3.63) is 18.2 Å². The third kappa shape index (κ3) is 2.27. The summed E-state index contributed by atoms with van der Waals surface area (Å²) in [7, 11) is 1.58. The van der Waals surface area contributed by atoms with Gasteiger partial charge in [-0.1, -0.05) is 6.42 Å². The van der Waals surface area contributed by atoms with E-state index in [4.69, 9.17) is 10.5 Å². The molecule has 0 heterocycles. The molecule has 2 bridgehead atoms. The van der Waals surface area contributed by atoms with Crippen LogP contribution in [0.15, 0.2) is 18.2 Å². The van der Waals surface area contributed by atoms with Crippen LogP contribution in [0.25, 0.3) is 0 Å². The van der Waals surface area contributed by atoms with Gasteiger partial charge in [0.25, 0.3) is 0 Å². The number of hydrogen-bond donors (Lipinski definition) is 2. The van der Waals surface area contributed by atoms with Crippen LogP contribution in [0, 0.1) is 17.8 Å². The molecule has 1 aromatic carbocycles. The Hall–Kier alpha value is -1.71. The van der Waals surface area contributed by atoms with E-state index in [1.165, 1.54) is 19.3 Å². The Kier molecular flexibility index (Phi) is 3.09. The minimum Gasteiger partial charge on any atom is -0.495 e. The van der Waals surface area contributed by atoms with Crippen LogP contribution in [0.1, 0.15) is 25.7 Å². The molecule has 2 fully saturated rings. The maximum Gasteiger partial charge on any atom is 0.227 e. The SMILES string of the molecule is COc1cc(NC(=O)C2CC3CCC2C3)ccc1N. The van der Waals surface area contributed by atoms with Gasteiger partial charge in [0.15, 0.2) is 0 Å². The van der Waals surface area contributed by atoms with Crippen LogP contribution in [-0.4, -0.2) is 13.0 Å². The maximum absolute atomic E-state index is 12.3. The second kappa shape index (κ2) is 4.76. The molecule has 3 atom stereocenters. The average Bonchev–Trinajstić information content (AvgIpc) is 3.03. The van der Waals surface area contributed by atoms with Crippen molar-refractivity contribution >= 4 is 17.3 Å². The number of carbonyl (C=O) groups excluding carboxylic acids is 1. The van der Waals surface area contributed by atoms with Crippen molar-refractivity contribution in [3.8, 4) is 5.75 Å². The summed E-state index contributed by atoms with van der Waals surface area (Å²) in [5.41, 5.74) is 7.11. The molecular formula is C15H20N2O2. The first-order valence-electron chi connectivity index (χ1n) is 6.91. The summed E-state index contributed by atoms with van der Waals surface area (Å²) in [5.74, 6) is 2.33. The van der Waals surface area contributed by atoms with Crippen molar-refractivity contribution in [3.63, 3.8) is 0 Å². The van der Waals surface area contributed by atoms with Gasteiger partial charge in [-0.25, -0.2) is 0 Å². The van der Waals surface area contributed by atoms with Gasteiger partial charge in [-0.2, -0.15) is 0 Å². The molecule has 0 spiro atoms. The molecule has 0 aliphatic heterocycles. The topological polar surface area (TPSA) is 64.3 Å². The molecule has 2 aliphatic carbocycles. The number of anilines is 2. The highest BCUT2D eigenvalue weighted by Crippen LogP contribution is 2.48. The molecule has 0 saturated heterocycles. The zero-order chi connectivity index (χ0) is 13.4. The molecule has 3 N–H and O–H groups in total. The first-order chi connectivity index (χ1) is 9.17. The second-order valence-corrected chi connectivity index (χ2v) is 5.73. The Labute approximate surface area is 113 Å². The third-order valence-electron chi connectivity index (χ3n) is 4.58. The van der Waals surface area contributed by atoms with Gasteiger partial charge in [-0.15, -0.1) is 0 Å². The largest absolute Gasteiger partial charge is 0.495 e. The van der Waals surface area contributed by atoms with Crippen molar-refractivity contribution < 1.29 is 9.53 Å². The van der Waals surface area contributed by atoms with Crippen molar-refractivity contribution in [1.82, 2.24) is 0 Å². The molecule has 4 nitrogen and oxygen atoms in total. The lowest BCUT2D eigenvalue weighted by molar-refractivity contribution is -0.121. The fourth-order valence-electron chi connectivity index (χ4n) is 3.59. The van der Waals surface area contributed by atoms with E-state index in [0.717, 1.165) is 18.0 Å². The van der Waals surface area contributed by atoms with Crippen LogP contribution >= 0.6 is 0 Å². The lowest BCUT2D eigenvalue weighted by Gasteiger charge is -2.21. The summed E-state index contributed by atoms with van der Waals surface area (Å²) in [6, 6.07) is 5.36. The van der Waals surface area contributed by atoms with E-state index in [0.29, 0.717) is 17.4 Å². The number of methoxy groups -OCH3 is 1. The van der Waals surface area contributed by atoms with Crippen molar-refractivity contribution in [2.45, 2.75) is 25.7 Å².